The SMILES string of the molecule is O=C(C=Cc1ccc(Cl)cc1Cl)NC1CCCCCCC1. The first-order chi connectivity index (χ1) is 10.1. The Bertz CT molecular complexity index is 506. The van der Waals surface area contributed by atoms with Crippen LogP contribution in [0.25, 0.3) is 6.08 Å². The predicted molar refractivity (Wildman–Crippen MR) is 89.7 cm³/mol. The molecule has 0 saturated heterocycles. The molecule has 2 nitrogen and oxygen atoms in total. The molecule has 0 spiro atoms. The van der Waals surface area contributed by atoms with Gasteiger partial charge in [0.15, 0.2) is 0 Å². The van der Waals surface area contributed by atoms with E-state index in [0.29, 0.717) is 16.1 Å². The van der Waals surface area contributed by atoms with Crippen LogP contribution in [0.1, 0.15) is 50.5 Å². The van der Waals surface area contributed by atoms with E-state index in [2.05, 4.69) is 5.32 Å². The molecule has 1 N–H and O–H groups in total. The van der Waals surface area contributed by atoms with Crippen LogP contribution in [0.2, 0.25) is 10.0 Å². The first kappa shape index (κ1) is 16.4. The van der Waals surface area contributed by atoms with Gasteiger partial charge < -0.3 is 5.32 Å². The molecule has 1 aliphatic carbocycles. The van der Waals surface area contributed by atoms with Crippen LogP contribution in [-0.2, 0) is 4.79 Å². The lowest BCUT2D eigenvalue weighted by atomic mass is 9.97. The summed E-state index contributed by atoms with van der Waals surface area (Å²) >= 11 is 11.9. The third-order valence-electron chi connectivity index (χ3n) is 3.83. The Balaban J connectivity index is 1.89. The van der Waals surface area contributed by atoms with Crippen molar-refractivity contribution in [3.05, 3.63) is 39.9 Å². The molecule has 114 valence electrons. The normalized spacial score (nSPS) is 17.4. The van der Waals surface area contributed by atoms with E-state index >= 15 is 0 Å². The van der Waals surface area contributed by atoms with E-state index in [1.165, 1.54) is 32.1 Å². The number of rotatable bonds is 3. The Morgan fingerprint density at radius 2 is 1.76 bits per heavy atom. The lowest BCUT2D eigenvalue weighted by molar-refractivity contribution is -0.117. The molecule has 0 bridgehead atoms. The van der Waals surface area contributed by atoms with Gasteiger partial charge in [0, 0.05) is 22.2 Å². The minimum atomic E-state index is -0.0495. The lowest BCUT2D eigenvalue weighted by Crippen LogP contribution is -2.34. The zero-order valence-electron chi connectivity index (χ0n) is 12.1. The molecule has 1 aromatic rings. The summed E-state index contributed by atoms with van der Waals surface area (Å²) in [5.41, 5.74) is 0.800. The smallest absolute Gasteiger partial charge is 0.244 e. The second-order valence-electron chi connectivity index (χ2n) is 5.55. The van der Waals surface area contributed by atoms with Gasteiger partial charge in [0.05, 0.1) is 0 Å². The number of carbonyl (C=O) groups is 1. The van der Waals surface area contributed by atoms with Gasteiger partial charge in [0.25, 0.3) is 0 Å². The van der Waals surface area contributed by atoms with Crippen LogP contribution < -0.4 is 5.32 Å². The van der Waals surface area contributed by atoms with Gasteiger partial charge in [-0.05, 0) is 36.6 Å². The summed E-state index contributed by atoms with van der Waals surface area (Å²) in [5.74, 6) is -0.0495. The highest BCUT2D eigenvalue weighted by atomic mass is 35.5. The summed E-state index contributed by atoms with van der Waals surface area (Å²) < 4.78 is 0. The largest absolute Gasteiger partial charge is 0.350 e. The van der Waals surface area contributed by atoms with Crippen molar-refractivity contribution < 1.29 is 4.79 Å². The number of nitrogens with one attached hydrogen (secondary N) is 1. The van der Waals surface area contributed by atoms with Crippen molar-refractivity contribution in [2.24, 2.45) is 0 Å². The molecule has 0 radical (unpaired) electrons. The fraction of sp³-hybridized carbons (Fsp3) is 0.471. The van der Waals surface area contributed by atoms with Crippen molar-refractivity contribution >= 4 is 35.2 Å². The second-order valence-corrected chi connectivity index (χ2v) is 6.39. The monoisotopic (exact) mass is 325 g/mol. The van der Waals surface area contributed by atoms with E-state index in [0.717, 1.165) is 18.4 Å². The first-order valence-corrected chi connectivity index (χ1v) is 8.34. The maximum atomic E-state index is 12.0. The predicted octanol–water partition coefficient (Wildman–Crippen LogP) is 5.24. The quantitative estimate of drug-likeness (QED) is 0.757. The van der Waals surface area contributed by atoms with Crippen molar-refractivity contribution in [3.63, 3.8) is 0 Å². The van der Waals surface area contributed by atoms with Gasteiger partial charge >= 0.3 is 0 Å². The first-order valence-electron chi connectivity index (χ1n) is 7.59. The molecular formula is C17H21Cl2NO. The number of benzene rings is 1. The molecule has 0 aliphatic heterocycles. The number of amides is 1. The number of hydrogen-bond acceptors (Lipinski definition) is 1. The van der Waals surface area contributed by atoms with Crippen LogP contribution in [0.15, 0.2) is 24.3 Å². The number of halogens is 2. The number of carbonyl (C=O) groups excluding carboxylic acids is 1. The third-order valence-corrected chi connectivity index (χ3v) is 4.39. The molecule has 2 rings (SSSR count). The van der Waals surface area contributed by atoms with E-state index in [9.17, 15) is 4.79 Å². The Morgan fingerprint density at radius 3 is 2.43 bits per heavy atom. The topological polar surface area (TPSA) is 29.1 Å². The fourth-order valence-electron chi connectivity index (χ4n) is 2.65. The number of hydrogen-bond donors (Lipinski definition) is 1. The van der Waals surface area contributed by atoms with Crippen molar-refractivity contribution in [2.45, 2.75) is 51.0 Å². The fourth-order valence-corrected chi connectivity index (χ4v) is 3.12. The highest BCUT2D eigenvalue weighted by Gasteiger charge is 2.12. The van der Waals surface area contributed by atoms with E-state index in [-0.39, 0.29) is 5.91 Å². The molecule has 0 aromatic heterocycles. The zero-order valence-corrected chi connectivity index (χ0v) is 13.6. The zero-order chi connectivity index (χ0) is 15.1. The van der Waals surface area contributed by atoms with Crippen molar-refractivity contribution in [1.29, 1.82) is 0 Å². The maximum absolute atomic E-state index is 12.0. The Labute approximate surface area is 136 Å². The minimum absolute atomic E-state index is 0.0495. The molecule has 0 unspecified atom stereocenters. The van der Waals surface area contributed by atoms with Crippen LogP contribution in [0.5, 0.6) is 0 Å². The molecule has 1 aliphatic rings. The molecule has 0 atom stereocenters. The summed E-state index contributed by atoms with van der Waals surface area (Å²) in [7, 11) is 0. The molecule has 0 heterocycles. The Morgan fingerprint density at radius 1 is 1.10 bits per heavy atom. The summed E-state index contributed by atoms with van der Waals surface area (Å²) in [6.07, 6.45) is 11.8. The van der Waals surface area contributed by atoms with Crippen molar-refractivity contribution in [3.8, 4) is 0 Å². The van der Waals surface area contributed by atoms with Crippen LogP contribution >= 0.6 is 23.2 Å². The summed E-state index contributed by atoms with van der Waals surface area (Å²) in [6, 6.07) is 5.56. The van der Waals surface area contributed by atoms with Crippen LogP contribution in [0.3, 0.4) is 0 Å². The highest BCUT2D eigenvalue weighted by Crippen LogP contribution is 2.22. The van der Waals surface area contributed by atoms with Gasteiger partial charge in [0.1, 0.15) is 0 Å². The average molecular weight is 326 g/mol. The van der Waals surface area contributed by atoms with E-state index in [4.69, 9.17) is 23.2 Å². The highest BCUT2D eigenvalue weighted by molar-refractivity contribution is 6.35. The van der Waals surface area contributed by atoms with Gasteiger partial charge in [-0.15, -0.1) is 0 Å². The van der Waals surface area contributed by atoms with E-state index in [1.54, 1.807) is 24.3 Å². The molecule has 21 heavy (non-hydrogen) atoms. The summed E-state index contributed by atoms with van der Waals surface area (Å²) in [5, 5.41) is 4.24. The van der Waals surface area contributed by atoms with E-state index < -0.39 is 0 Å². The molecule has 1 aromatic carbocycles. The van der Waals surface area contributed by atoms with Crippen molar-refractivity contribution in [2.75, 3.05) is 0 Å². The molecule has 1 amide bonds. The van der Waals surface area contributed by atoms with Gasteiger partial charge in [-0.1, -0.05) is 61.4 Å². The molecule has 1 fully saturated rings. The Kier molecular flexibility index (Phi) is 6.59. The van der Waals surface area contributed by atoms with Crippen molar-refractivity contribution in [1.82, 2.24) is 5.32 Å². The van der Waals surface area contributed by atoms with E-state index in [1.807, 2.05) is 6.07 Å². The van der Waals surface area contributed by atoms with Gasteiger partial charge in [-0.25, -0.2) is 0 Å². The lowest BCUT2D eigenvalue weighted by Gasteiger charge is -2.20. The molecular weight excluding hydrogens is 305 g/mol. The minimum Gasteiger partial charge on any atom is -0.350 e. The third kappa shape index (κ3) is 5.72. The Hall–Kier alpha value is -0.990. The standard InChI is InChI=1S/C17H21Cl2NO/c18-14-10-8-13(16(19)12-14)9-11-17(21)20-15-6-4-2-1-3-5-7-15/h8-12,15H,1-7H2,(H,20,21). The van der Waals surface area contributed by atoms with Crippen LogP contribution in [0, 0.1) is 0 Å². The van der Waals surface area contributed by atoms with Gasteiger partial charge in [0.2, 0.25) is 5.91 Å². The van der Waals surface area contributed by atoms with Gasteiger partial charge in [-0.2, -0.15) is 0 Å². The maximum Gasteiger partial charge on any atom is 0.244 e. The van der Waals surface area contributed by atoms with Gasteiger partial charge in [-0.3, -0.25) is 4.79 Å². The summed E-state index contributed by atoms with van der Waals surface area (Å²) in [6.45, 7) is 0. The van der Waals surface area contributed by atoms with Crippen LogP contribution in [0.4, 0.5) is 0 Å². The average Bonchev–Trinajstić information content (AvgIpc) is 2.41. The van der Waals surface area contributed by atoms with Crippen LogP contribution in [-0.4, -0.2) is 11.9 Å². The second kappa shape index (κ2) is 8.45. The summed E-state index contributed by atoms with van der Waals surface area (Å²) in [4.78, 5) is 12.0. The molecule has 4 heteroatoms. The molecule has 1 saturated carbocycles.